The minimum atomic E-state index is -0.530. The molecule has 1 unspecified atom stereocenters. The van der Waals surface area contributed by atoms with Gasteiger partial charge in [0, 0.05) is 20.1 Å². The van der Waals surface area contributed by atoms with Crippen LogP contribution in [0.5, 0.6) is 0 Å². The molecular formula is C19H15FN4OS2. The summed E-state index contributed by atoms with van der Waals surface area (Å²) >= 11 is 3.07. The Hall–Kier alpha value is -2.71. The van der Waals surface area contributed by atoms with Crippen molar-refractivity contribution in [2.75, 3.05) is 0 Å². The highest BCUT2D eigenvalue weighted by atomic mass is 32.2. The van der Waals surface area contributed by atoms with Gasteiger partial charge in [-0.1, -0.05) is 30.0 Å². The first kappa shape index (κ1) is 16.5. The molecule has 1 aromatic carbocycles. The van der Waals surface area contributed by atoms with Crippen molar-refractivity contribution >= 4 is 29.0 Å². The molecule has 8 heteroatoms. The molecule has 1 aliphatic heterocycles. The van der Waals surface area contributed by atoms with E-state index in [1.807, 2.05) is 29.3 Å². The van der Waals surface area contributed by atoms with E-state index >= 15 is 0 Å². The first-order valence-electron chi connectivity index (χ1n) is 8.21. The van der Waals surface area contributed by atoms with Crippen LogP contribution in [0.2, 0.25) is 0 Å². The van der Waals surface area contributed by atoms with E-state index in [9.17, 15) is 9.18 Å². The second kappa shape index (κ2) is 5.90. The summed E-state index contributed by atoms with van der Waals surface area (Å²) in [5.74, 6) is -0.977. The standard InChI is InChI=1S/C19H13FN4OS2.H2/c1-24-15(9-14(23-24)18-21-6-7-26-18)19-10-11(19)8-16(27-19)22-17(25)12-4-2-3-5-13(12)20;/h2-10H,1H3,(H,22,25);1H. The van der Waals surface area contributed by atoms with E-state index in [1.54, 1.807) is 29.7 Å². The normalized spacial score (nSPS) is 20.1. The molecule has 3 heterocycles. The molecule has 1 amide bonds. The maximum atomic E-state index is 13.8. The highest BCUT2D eigenvalue weighted by Gasteiger charge is 2.52. The number of amides is 1. The zero-order valence-electron chi connectivity index (χ0n) is 14.1. The molecule has 0 radical (unpaired) electrons. The quantitative estimate of drug-likeness (QED) is 0.719. The number of rotatable bonds is 4. The van der Waals surface area contributed by atoms with Crippen LogP contribution in [0, 0.1) is 5.82 Å². The van der Waals surface area contributed by atoms with Gasteiger partial charge in [0.2, 0.25) is 0 Å². The fraction of sp³-hybridized carbons (Fsp3) is 0.105. The van der Waals surface area contributed by atoms with E-state index < -0.39 is 11.7 Å². The number of aryl methyl sites for hydroxylation is 1. The summed E-state index contributed by atoms with van der Waals surface area (Å²) in [5, 5.41) is 10.9. The Bertz CT molecular complexity index is 1140. The fourth-order valence-electron chi connectivity index (χ4n) is 3.19. The van der Waals surface area contributed by atoms with Crippen LogP contribution in [0.15, 0.2) is 64.7 Å². The molecule has 0 bridgehead atoms. The maximum absolute atomic E-state index is 13.8. The smallest absolute Gasteiger partial charge is 0.259 e. The molecule has 0 fully saturated rings. The lowest BCUT2D eigenvalue weighted by Gasteiger charge is -2.15. The number of hydrogen-bond acceptors (Lipinski definition) is 5. The summed E-state index contributed by atoms with van der Waals surface area (Å²) < 4.78 is 15.4. The summed E-state index contributed by atoms with van der Waals surface area (Å²) in [4.78, 5) is 16.7. The molecule has 3 aromatic rings. The minimum absolute atomic E-state index is 0. The Morgan fingerprint density at radius 2 is 2.22 bits per heavy atom. The lowest BCUT2D eigenvalue weighted by Crippen LogP contribution is -2.22. The Kier molecular flexibility index (Phi) is 3.60. The van der Waals surface area contributed by atoms with Gasteiger partial charge in [0.05, 0.1) is 16.3 Å². The van der Waals surface area contributed by atoms with Crippen LogP contribution in [0.4, 0.5) is 4.39 Å². The molecule has 1 atom stereocenters. The van der Waals surface area contributed by atoms with E-state index in [2.05, 4.69) is 21.5 Å². The molecule has 1 aliphatic carbocycles. The van der Waals surface area contributed by atoms with E-state index in [-0.39, 0.29) is 11.7 Å². The monoisotopic (exact) mass is 398 g/mol. The number of halogens is 1. The van der Waals surface area contributed by atoms with Crippen LogP contribution in [0.25, 0.3) is 10.7 Å². The molecule has 27 heavy (non-hydrogen) atoms. The summed E-state index contributed by atoms with van der Waals surface area (Å²) in [5.41, 5.74) is 3.01. The Morgan fingerprint density at radius 3 is 3.00 bits per heavy atom. The zero-order chi connectivity index (χ0) is 18.6. The molecule has 5 nitrogen and oxygen atoms in total. The molecule has 136 valence electrons. The van der Waals surface area contributed by atoms with Crippen molar-refractivity contribution in [1.29, 1.82) is 0 Å². The van der Waals surface area contributed by atoms with Crippen LogP contribution >= 0.6 is 23.1 Å². The predicted molar refractivity (Wildman–Crippen MR) is 106 cm³/mol. The number of allylic oxidation sites excluding steroid dienone is 1. The summed E-state index contributed by atoms with van der Waals surface area (Å²) in [6, 6.07) is 7.99. The number of nitrogens with one attached hydrogen (secondary N) is 1. The predicted octanol–water partition coefficient (Wildman–Crippen LogP) is 4.08. The largest absolute Gasteiger partial charge is 0.316 e. The number of fused-ring (bicyclic) bond motifs is 1. The third-order valence-corrected chi connectivity index (χ3v) is 6.65. The van der Waals surface area contributed by atoms with Gasteiger partial charge >= 0.3 is 0 Å². The van der Waals surface area contributed by atoms with E-state index in [0.29, 0.717) is 5.03 Å². The Balaban J connectivity index is 0.00000192. The molecular weight excluding hydrogens is 383 g/mol. The van der Waals surface area contributed by atoms with Crippen molar-refractivity contribution in [3.05, 3.63) is 81.7 Å². The third-order valence-electron chi connectivity index (χ3n) is 4.53. The molecule has 0 spiro atoms. The second-order valence-electron chi connectivity index (χ2n) is 6.26. The van der Waals surface area contributed by atoms with Crippen molar-refractivity contribution in [3.8, 4) is 10.7 Å². The molecule has 0 saturated heterocycles. The van der Waals surface area contributed by atoms with Crippen LogP contribution < -0.4 is 5.32 Å². The van der Waals surface area contributed by atoms with Gasteiger partial charge in [0.25, 0.3) is 5.91 Å². The fourth-order valence-corrected chi connectivity index (χ4v) is 5.12. The van der Waals surface area contributed by atoms with Crippen molar-refractivity contribution in [3.63, 3.8) is 0 Å². The molecule has 0 saturated carbocycles. The zero-order valence-corrected chi connectivity index (χ0v) is 15.8. The lowest BCUT2D eigenvalue weighted by atomic mass is 10.2. The van der Waals surface area contributed by atoms with Crippen molar-refractivity contribution in [2.24, 2.45) is 7.05 Å². The van der Waals surface area contributed by atoms with Gasteiger partial charge in [-0.05, 0) is 29.8 Å². The van der Waals surface area contributed by atoms with Gasteiger partial charge in [-0.2, -0.15) is 5.10 Å². The van der Waals surface area contributed by atoms with Gasteiger partial charge in [-0.15, -0.1) is 11.3 Å². The average molecular weight is 398 g/mol. The van der Waals surface area contributed by atoms with E-state index in [4.69, 9.17) is 0 Å². The number of carbonyl (C=O) groups excluding carboxylic acids is 1. The van der Waals surface area contributed by atoms with Gasteiger partial charge < -0.3 is 5.32 Å². The van der Waals surface area contributed by atoms with Gasteiger partial charge in [0.15, 0.2) is 0 Å². The lowest BCUT2D eigenvalue weighted by molar-refractivity contribution is 0.0965. The summed E-state index contributed by atoms with van der Waals surface area (Å²) in [6.45, 7) is 0. The van der Waals surface area contributed by atoms with Crippen molar-refractivity contribution in [1.82, 2.24) is 20.1 Å². The van der Waals surface area contributed by atoms with Crippen LogP contribution in [0.1, 0.15) is 17.5 Å². The molecule has 5 rings (SSSR count). The van der Waals surface area contributed by atoms with Gasteiger partial charge in [0.1, 0.15) is 21.3 Å². The van der Waals surface area contributed by atoms with Crippen molar-refractivity contribution in [2.45, 2.75) is 4.75 Å². The number of nitrogens with zero attached hydrogens (tertiary/aromatic N) is 3. The molecule has 1 N–H and O–H groups in total. The van der Waals surface area contributed by atoms with Crippen molar-refractivity contribution < 1.29 is 10.6 Å². The summed E-state index contributed by atoms with van der Waals surface area (Å²) in [7, 11) is 1.90. The van der Waals surface area contributed by atoms with Crippen LogP contribution in [0.3, 0.4) is 0 Å². The SMILES string of the molecule is Cn1nc(-c2nccs2)cc1C12C=C1C=C(NC(=O)c1ccccc1F)S2.[HH]. The number of benzene rings is 1. The number of thioether (sulfide) groups is 1. The Morgan fingerprint density at radius 1 is 1.37 bits per heavy atom. The first-order chi connectivity index (χ1) is 13.1. The topological polar surface area (TPSA) is 59.8 Å². The van der Waals surface area contributed by atoms with E-state index in [0.717, 1.165) is 22.0 Å². The Labute approximate surface area is 164 Å². The number of carbonyl (C=O) groups is 1. The summed E-state index contributed by atoms with van der Waals surface area (Å²) in [6.07, 6.45) is 5.83. The molecule has 2 aliphatic rings. The van der Waals surface area contributed by atoms with Gasteiger partial charge in [-0.25, -0.2) is 9.37 Å². The third kappa shape index (κ3) is 2.64. The number of thiazole rings is 1. The van der Waals surface area contributed by atoms with E-state index in [1.165, 1.54) is 23.9 Å². The second-order valence-corrected chi connectivity index (χ2v) is 8.44. The highest BCUT2D eigenvalue weighted by Crippen LogP contribution is 2.63. The van der Waals surface area contributed by atoms with Crippen LogP contribution in [-0.4, -0.2) is 20.7 Å². The maximum Gasteiger partial charge on any atom is 0.259 e. The average Bonchev–Trinajstić information content (AvgIpc) is 3.09. The van der Waals surface area contributed by atoms with Crippen LogP contribution in [-0.2, 0) is 11.8 Å². The first-order valence-corrected chi connectivity index (χ1v) is 9.91. The highest BCUT2D eigenvalue weighted by molar-refractivity contribution is 8.05. The minimum Gasteiger partial charge on any atom is -0.316 e. The number of aromatic nitrogens is 3. The van der Waals surface area contributed by atoms with Gasteiger partial charge in [-0.3, -0.25) is 9.48 Å². The number of hydrogen-bond donors (Lipinski definition) is 1. The molecule has 2 aromatic heterocycles.